The molecule has 0 saturated carbocycles. The number of esters is 1. The lowest BCUT2D eigenvalue weighted by atomic mass is 9.95. The third kappa shape index (κ3) is 4.92. The molecule has 0 amide bonds. The second kappa shape index (κ2) is 6.50. The Morgan fingerprint density at radius 3 is 2.72 bits per heavy atom. The molecule has 1 saturated heterocycles. The Balaban J connectivity index is 2.61. The molecule has 2 unspecified atom stereocenters. The third-order valence-electron chi connectivity index (χ3n) is 2.79. The van der Waals surface area contributed by atoms with E-state index in [1.54, 1.807) is 6.92 Å². The number of hydrogen-bond donors (Lipinski definition) is 2. The summed E-state index contributed by atoms with van der Waals surface area (Å²) in [4.78, 5) is 12.1. The zero-order chi connectivity index (χ0) is 13.8. The molecule has 0 aromatic carbocycles. The molecular formula is C13H25NO4. The van der Waals surface area contributed by atoms with Gasteiger partial charge in [-0.1, -0.05) is 0 Å². The molecule has 3 atom stereocenters. The number of rotatable bonds is 4. The number of nitrogens with one attached hydrogen (secondary N) is 1. The maximum Gasteiger partial charge on any atom is 0.313 e. The lowest BCUT2D eigenvalue weighted by molar-refractivity contribution is -0.169. The van der Waals surface area contributed by atoms with Crippen LogP contribution in [0.25, 0.3) is 0 Å². The molecule has 2 N–H and O–H groups in total. The zero-order valence-electron chi connectivity index (χ0n) is 11.7. The van der Waals surface area contributed by atoms with Crippen molar-refractivity contribution in [3.05, 3.63) is 0 Å². The summed E-state index contributed by atoms with van der Waals surface area (Å²) in [6.45, 7) is 8.72. The molecule has 1 aliphatic rings. The van der Waals surface area contributed by atoms with Gasteiger partial charge in [0.2, 0.25) is 0 Å². The van der Waals surface area contributed by atoms with E-state index in [1.165, 1.54) is 0 Å². The Hall–Kier alpha value is -0.650. The second-order valence-corrected chi connectivity index (χ2v) is 5.80. The summed E-state index contributed by atoms with van der Waals surface area (Å²) in [5.41, 5.74) is -0.484. The molecule has 1 fully saturated rings. The lowest BCUT2D eigenvalue weighted by Crippen LogP contribution is -2.48. The number of carbonyl (C=O) groups excluding carboxylic acids is 1. The molecule has 1 heterocycles. The van der Waals surface area contributed by atoms with Crippen LogP contribution in [0.5, 0.6) is 0 Å². The molecule has 1 rings (SSSR count). The molecule has 5 heteroatoms. The maximum absolute atomic E-state index is 12.1. The normalized spacial score (nSPS) is 26.7. The minimum atomic E-state index is -0.484. The van der Waals surface area contributed by atoms with Gasteiger partial charge in [0.25, 0.3) is 0 Å². The van der Waals surface area contributed by atoms with E-state index in [0.717, 1.165) is 13.0 Å². The molecule has 0 aliphatic carbocycles. The van der Waals surface area contributed by atoms with Gasteiger partial charge in [0.15, 0.2) is 0 Å². The van der Waals surface area contributed by atoms with E-state index in [9.17, 15) is 4.79 Å². The highest BCUT2D eigenvalue weighted by atomic mass is 16.6. The van der Waals surface area contributed by atoms with Crippen LogP contribution in [0.2, 0.25) is 0 Å². The Morgan fingerprint density at radius 1 is 1.50 bits per heavy atom. The van der Waals surface area contributed by atoms with Crippen molar-refractivity contribution in [2.45, 2.75) is 51.9 Å². The molecule has 106 valence electrons. The van der Waals surface area contributed by atoms with Gasteiger partial charge in [0, 0.05) is 6.54 Å². The monoisotopic (exact) mass is 259 g/mol. The molecule has 18 heavy (non-hydrogen) atoms. The maximum atomic E-state index is 12.1. The third-order valence-corrected chi connectivity index (χ3v) is 2.79. The molecule has 0 aromatic rings. The highest BCUT2D eigenvalue weighted by molar-refractivity contribution is 5.74. The fourth-order valence-electron chi connectivity index (χ4n) is 1.95. The van der Waals surface area contributed by atoms with Gasteiger partial charge in [-0.05, 0) is 40.7 Å². The van der Waals surface area contributed by atoms with E-state index in [1.807, 2.05) is 20.8 Å². The number of piperidine rings is 1. The zero-order valence-corrected chi connectivity index (χ0v) is 11.7. The quantitative estimate of drug-likeness (QED) is 0.728. The van der Waals surface area contributed by atoms with E-state index in [-0.39, 0.29) is 30.7 Å². The smallest absolute Gasteiger partial charge is 0.313 e. The Kier molecular flexibility index (Phi) is 5.56. The fraction of sp³-hybridized carbons (Fsp3) is 0.923. The van der Waals surface area contributed by atoms with Gasteiger partial charge in [-0.3, -0.25) is 4.79 Å². The molecule has 0 bridgehead atoms. The number of hydrogen-bond acceptors (Lipinski definition) is 5. The van der Waals surface area contributed by atoms with Crippen LogP contribution >= 0.6 is 0 Å². The number of aliphatic hydroxyl groups excluding tert-OH is 1. The molecule has 0 spiro atoms. The first-order valence-electron chi connectivity index (χ1n) is 6.53. The average molecular weight is 259 g/mol. The second-order valence-electron chi connectivity index (χ2n) is 5.80. The molecular weight excluding hydrogens is 234 g/mol. The van der Waals surface area contributed by atoms with Crippen LogP contribution in [0.3, 0.4) is 0 Å². The van der Waals surface area contributed by atoms with Crippen molar-refractivity contribution in [1.29, 1.82) is 0 Å². The van der Waals surface area contributed by atoms with Gasteiger partial charge in [0.1, 0.15) is 5.60 Å². The van der Waals surface area contributed by atoms with Crippen LogP contribution in [-0.2, 0) is 14.3 Å². The first-order valence-corrected chi connectivity index (χ1v) is 6.53. The van der Waals surface area contributed by atoms with Gasteiger partial charge in [0.05, 0.1) is 24.7 Å². The summed E-state index contributed by atoms with van der Waals surface area (Å²) in [6, 6.07) is 0. The van der Waals surface area contributed by atoms with Gasteiger partial charge < -0.3 is 19.9 Å². The Morgan fingerprint density at radius 2 is 2.17 bits per heavy atom. The Bertz CT molecular complexity index is 275. The molecule has 1 aliphatic heterocycles. The highest BCUT2D eigenvalue weighted by Gasteiger charge is 2.35. The number of carbonyl (C=O) groups is 1. The van der Waals surface area contributed by atoms with Crippen LogP contribution in [0.1, 0.15) is 34.1 Å². The topological polar surface area (TPSA) is 67.8 Å². The molecule has 0 radical (unpaired) electrons. The van der Waals surface area contributed by atoms with Gasteiger partial charge in [-0.25, -0.2) is 0 Å². The van der Waals surface area contributed by atoms with Gasteiger partial charge in [-0.2, -0.15) is 0 Å². The fourth-order valence-corrected chi connectivity index (χ4v) is 1.95. The van der Waals surface area contributed by atoms with Crippen molar-refractivity contribution >= 4 is 5.97 Å². The van der Waals surface area contributed by atoms with Crippen molar-refractivity contribution in [1.82, 2.24) is 5.32 Å². The predicted molar refractivity (Wildman–Crippen MR) is 68.2 cm³/mol. The number of aliphatic hydroxyl groups is 1. The van der Waals surface area contributed by atoms with E-state index in [4.69, 9.17) is 14.6 Å². The standard InChI is InChI=1S/C13H25NO4/c1-9(8-15)17-11-5-6-14-7-10(11)12(16)18-13(2,3)4/h9-11,14-15H,5-8H2,1-4H3/t9-,10?,11?/m0/s1. The summed E-state index contributed by atoms with van der Waals surface area (Å²) in [7, 11) is 0. The minimum Gasteiger partial charge on any atom is -0.460 e. The van der Waals surface area contributed by atoms with E-state index in [0.29, 0.717) is 6.54 Å². The van der Waals surface area contributed by atoms with Crippen LogP contribution < -0.4 is 5.32 Å². The van der Waals surface area contributed by atoms with Gasteiger partial charge >= 0.3 is 5.97 Å². The van der Waals surface area contributed by atoms with Crippen LogP contribution in [-0.4, -0.2) is 48.6 Å². The lowest BCUT2D eigenvalue weighted by Gasteiger charge is -2.34. The van der Waals surface area contributed by atoms with Crippen molar-refractivity contribution in [3.63, 3.8) is 0 Å². The summed E-state index contributed by atoms with van der Waals surface area (Å²) in [5, 5.41) is 12.2. The van der Waals surface area contributed by atoms with Crippen molar-refractivity contribution in [2.75, 3.05) is 19.7 Å². The van der Waals surface area contributed by atoms with Crippen molar-refractivity contribution < 1.29 is 19.4 Å². The average Bonchev–Trinajstić information content (AvgIpc) is 2.27. The van der Waals surface area contributed by atoms with Crippen LogP contribution in [0.4, 0.5) is 0 Å². The summed E-state index contributed by atoms with van der Waals surface area (Å²) in [5.74, 6) is -0.531. The van der Waals surface area contributed by atoms with Crippen LogP contribution in [0.15, 0.2) is 0 Å². The summed E-state index contributed by atoms with van der Waals surface area (Å²) in [6.07, 6.45) is 0.329. The predicted octanol–water partition coefficient (Wildman–Crippen LogP) is 0.704. The van der Waals surface area contributed by atoms with Crippen molar-refractivity contribution in [2.24, 2.45) is 5.92 Å². The largest absolute Gasteiger partial charge is 0.460 e. The SMILES string of the molecule is C[C@@H](CO)OC1CCNCC1C(=O)OC(C)(C)C. The number of ether oxygens (including phenoxy) is 2. The first kappa shape index (κ1) is 15.4. The highest BCUT2D eigenvalue weighted by Crippen LogP contribution is 2.21. The minimum absolute atomic E-state index is 0.0367. The van der Waals surface area contributed by atoms with E-state index >= 15 is 0 Å². The van der Waals surface area contributed by atoms with E-state index in [2.05, 4.69) is 5.32 Å². The van der Waals surface area contributed by atoms with E-state index < -0.39 is 5.60 Å². The summed E-state index contributed by atoms with van der Waals surface area (Å²) < 4.78 is 11.1. The Labute approximate surface area is 109 Å². The van der Waals surface area contributed by atoms with Crippen LogP contribution in [0, 0.1) is 5.92 Å². The first-order chi connectivity index (χ1) is 8.33. The summed E-state index contributed by atoms with van der Waals surface area (Å²) >= 11 is 0. The molecule has 5 nitrogen and oxygen atoms in total. The van der Waals surface area contributed by atoms with Crippen molar-refractivity contribution in [3.8, 4) is 0 Å². The van der Waals surface area contributed by atoms with Gasteiger partial charge in [-0.15, -0.1) is 0 Å². The molecule has 0 aromatic heterocycles.